The Bertz CT molecular complexity index is 769. The average Bonchev–Trinajstić information content (AvgIpc) is 2.86. The van der Waals surface area contributed by atoms with E-state index in [1.54, 1.807) is 19.1 Å². The highest BCUT2D eigenvalue weighted by molar-refractivity contribution is 7.94. The maximum absolute atomic E-state index is 12.2. The molecule has 9 heteroatoms. The van der Waals surface area contributed by atoms with Crippen LogP contribution in [0.15, 0.2) is 34.5 Å². The number of rotatable bonds is 5. The summed E-state index contributed by atoms with van der Waals surface area (Å²) < 4.78 is 26.8. The van der Waals surface area contributed by atoms with E-state index in [9.17, 15) is 18.5 Å². The first-order valence-electron chi connectivity index (χ1n) is 5.89. The molecule has 1 aromatic heterocycles. The lowest BCUT2D eigenvalue weighted by Crippen LogP contribution is -2.11. The van der Waals surface area contributed by atoms with Crippen LogP contribution in [-0.4, -0.2) is 13.3 Å². The molecule has 0 amide bonds. The summed E-state index contributed by atoms with van der Waals surface area (Å²) in [6, 6.07) is 7.22. The van der Waals surface area contributed by atoms with Crippen molar-refractivity contribution in [2.45, 2.75) is 17.6 Å². The fourth-order valence-corrected chi connectivity index (χ4v) is 4.26. The summed E-state index contributed by atoms with van der Waals surface area (Å²) in [5.41, 5.74) is 0.174. The molecule has 0 aliphatic rings. The molecule has 0 radical (unpaired) electrons. The van der Waals surface area contributed by atoms with Gasteiger partial charge < -0.3 is 0 Å². The molecule has 21 heavy (non-hydrogen) atoms. The molecule has 1 N–H and O–H groups in total. The van der Waals surface area contributed by atoms with E-state index in [-0.39, 0.29) is 9.90 Å². The monoisotopic (exact) mass is 346 g/mol. The molecule has 2 rings (SSSR count). The van der Waals surface area contributed by atoms with E-state index in [2.05, 4.69) is 4.72 Å². The molecule has 0 saturated heterocycles. The van der Waals surface area contributed by atoms with Crippen molar-refractivity contribution in [1.29, 1.82) is 0 Å². The van der Waals surface area contributed by atoms with Crippen LogP contribution in [0.25, 0.3) is 0 Å². The zero-order chi connectivity index (χ0) is 15.6. The van der Waals surface area contributed by atoms with E-state index in [1.807, 2.05) is 0 Å². The lowest BCUT2D eigenvalue weighted by atomic mass is 10.3. The molecular weight excluding hydrogens is 336 g/mol. The number of anilines is 1. The van der Waals surface area contributed by atoms with Gasteiger partial charge in [-0.25, -0.2) is 8.42 Å². The van der Waals surface area contributed by atoms with Crippen molar-refractivity contribution in [2.75, 3.05) is 4.72 Å². The van der Waals surface area contributed by atoms with Crippen molar-refractivity contribution in [2.24, 2.45) is 0 Å². The normalized spacial score (nSPS) is 11.3. The first-order valence-corrected chi connectivity index (χ1v) is 8.56. The summed E-state index contributed by atoms with van der Waals surface area (Å²) >= 11 is 6.63. The second-order valence-corrected chi connectivity index (χ2v) is 7.58. The molecule has 0 aliphatic carbocycles. The van der Waals surface area contributed by atoms with Gasteiger partial charge in [-0.15, -0.1) is 11.3 Å². The minimum atomic E-state index is -3.85. The quantitative estimate of drug-likeness (QED) is 0.660. The fourth-order valence-electron chi connectivity index (χ4n) is 1.66. The Morgan fingerprint density at radius 3 is 2.43 bits per heavy atom. The zero-order valence-corrected chi connectivity index (χ0v) is 13.3. The molecule has 0 spiro atoms. The van der Waals surface area contributed by atoms with Gasteiger partial charge in [0.25, 0.3) is 15.7 Å². The molecule has 2 aromatic rings. The molecule has 0 bridgehead atoms. The predicted molar refractivity (Wildman–Crippen MR) is 82.6 cm³/mol. The van der Waals surface area contributed by atoms with Crippen LogP contribution in [0.2, 0.25) is 5.02 Å². The highest BCUT2D eigenvalue weighted by Gasteiger charge is 2.25. The standard InChI is InChI=1S/C12H11ClN2O4S2/c1-2-11-10(15(16)17)7-12(20-11)21(18,19)14-9-5-3-8(13)4-6-9/h3-7,14H,2H2,1H3. The lowest BCUT2D eigenvalue weighted by molar-refractivity contribution is -0.385. The third-order valence-electron chi connectivity index (χ3n) is 2.64. The molecule has 112 valence electrons. The van der Waals surface area contributed by atoms with Crippen LogP contribution >= 0.6 is 22.9 Å². The third kappa shape index (κ3) is 3.52. The van der Waals surface area contributed by atoms with Crippen LogP contribution < -0.4 is 4.72 Å². The number of nitrogens with zero attached hydrogens (tertiary/aromatic N) is 1. The summed E-state index contributed by atoms with van der Waals surface area (Å²) in [5.74, 6) is 0. The van der Waals surface area contributed by atoms with E-state index in [4.69, 9.17) is 11.6 Å². The SMILES string of the molecule is CCc1sc(S(=O)(=O)Nc2ccc(Cl)cc2)cc1[N+](=O)[O-]. The Balaban J connectivity index is 2.35. The topological polar surface area (TPSA) is 89.3 Å². The Morgan fingerprint density at radius 2 is 1.95 bits per heavy atom. The number of aryl methyl sites for hydroxylation is 1. The molecule has 0 aliphatic heterocycles. The van der Waals surface area contributed by atoms with Crippen molar-refractivity contribution >= 4 is 44.3 Å². The van der Waals surface area contributed by atoms with Crippen molar-refractivity contribution in [3.8, 4) is 0 Å². The molecule has 6 nitrogen and oxygen atoms in total. The number of thiophene rings is 1. The smallest absolute Gasteiger partial charge is 0.279 e. The van der Waals surface area contributed by atoms with Gasteiger partial charge in [-0.1, -0.05) is 18.5 Å². The van der Waals surface area contributed by atoms with Crippen LogP contribution in [-0.2, 0) is 16.4 Å². The molecule has 0 saturated carbocycles. The van der Waals surface area contributed by atoms with Crippen LogP contribution in [0.5, 0.6) is 0 Å². The molecule has 1 heterocycles. The highest BCUT2D eigenvalue weighted by Crippen LogP contribution is 2.33. The van der Waals surface area contributed by atoms with Gasteiger partial charge in [-0.2, -0.15) is 0 Å². The molecule has 0 fully saturated rings. The van der Waals surface area contributed by atoms with Crippen LogP contribution in [0.3, 0.4) is 0 Å². The van der Waals surface area contributed by atoms with Gasteiger partial charge in [-0.3, -0.25) is 14.8 Å². The minimum Gasteiger partial charge on any atom is -0.279 e. The van der Waals surface area contributed by atoms with Crippen LogP contribution in [0, 0.1) is 10.1 Å². The summed E-state index contributed by atoms with van der Waals surface area (Å²) in [6.45, 7) is 1.74. The first-order chi connectivity index (χ1) is 9.83. The van der Waals surface area contributed by atoms with Gasteiger partial charge in [0.2, 0.25) is 0 Å². The number of benzene rings is 1. The fraction of sp³-hybridized carbons (Fsp3) is 0.167. The zero-order valence-electron chi connectivity index (χ0n) is 10.9. The minimum absolute atomic E-state index is 0.0824. The third-order valence-corrected chi connectivity index (χ3v) is 6.02. The predicted octanol–water partition coefficient (Wildman–Crippen LogP) is 3.67. The summed E-state index contributed by atoms with van der Waals surface area (Å²) in [7, 11) is -3.85. The number of nitrogens with one attached hydrogen (secondary N) is 1. The Kier molecular flexibility index (Phi) is 4.50. The number of hydrogen-bond donors (Lipinski definition) is 1. The first kappa shape index (κ1) is 15.7. The Labute approximate surface area is 130 Å². The summed E-state index contributed by atoms with van der Waals surface area (Å²) in [5, 5.41) is 11.4. The van der Waals surface area contributed by atoms with E-state index in [0.29, 0.717) is 22.0 Å². The molecule has 0 atom stereocenters. The number of sulfonamides is 1. The van der Waals surface area contributed by atoms with Crippen molar-refractivity contribution in [3.05, 3.63) is 50.3 Å². The van der Waals surface area contributed by atoms with Gasteiger partial charge in [0.05, 0.1) is 9.80 Å². The number of nitro groups is 1. The largest absolute Gasteiger partial charge is 0.284 e. The number of hydrogen-bond acceptors (Lipinski definition) is 5. The number of halogens is 1. The molecule has 1 aromatic carbocycles. The lowest BCUT2D eigenvalue weighted by Gasteiger charge is -2.05. The summed E-state index contributed by atoms with van der Waals surface area (Å²) in [6.07, 6.45) is 0.400. The van der Waals surface area contributed by atoms with E-state index < -0.39 is 14.9 Å². The van der Waals surface area contributed by atoms with Crippen LogP contribution in [0.1, 0.15) is 11.8 Å². The van der Waals surface area contributed by atoms with Crippen molar-refractivity contribution < 1.29 is 13.3 Å². The van der Waals surface area contributed by atoms with E-state index >= 15 is 0 Å². The van der Waals surface area contributed by atoms with Gasteiger partial charge in [-0.05, 0) is 30.7 Å². The second-order valence-electron chi connectivity index (χ2n) is 4.10. The molecule has 0 unspecified atom stereocenters. The van der Waals surface area contributed by atoms with E-state index in [1.165, 1.54) is 12.1 Å². The maximum Gasteiger partial charge on any atom is 0.284 e. The van der Waals surface area contributed by atoms with Crippen LogP contribution in [0.4, 0.5) is 11.4 Å². The van der Waals surface area contributed by atoms with E-state index in [0.717, 1.165) is 17.4 Å². The average molecular weight is 347 g/mol. The van der Waals surface area contributed by atoms with Crippen molar-refractivity contribution in [3.63, 3.8) is 0 Å². The summed E-state index contributed by atoms with van der Waals surface area (Å²) in [4.78, 5) is 10.8. The Hall–Kier alpha value is -1.64. The Morgan fingerprint density at radius 1 is 1.33 bits per heavy atom. The highest BCUT2D eigenvalue weighted by atomic mass is 35.5. The van der Waals surface area contributed by atoms with Gasteiger partial charge in [0, 0.05) is 16.8 Å². The van der Waals surface area contributed by atoms with Gasteiger partial charge in [0.1, 0.15) is 4.21 Å². The van der Waals surface area contributed by atoms with Gasteiger partial charge >= 0.3 is 0 Å². The van der Waals surface area contributed by atoms with Gasteiger partial charge in [0.15, 0.2) is 0 Å². The maximum atomic E-state index is 12.2. The van der Waals surface area contributed by atoms with Crippen molar-refractivity contribution in [1.82, 2.24) is 0 Å². The molecular formula is C12H11ClN2O4S2. The second kappa shape index (κ2) is 6.00.